The van der Waals surface area contributed by atoms with Crippen molar-refractivity contribution in [3.8, 4) is 0 Å². The number of carbonyl (C=O) groups is 1. The standard InChI is InChI=1S/C5H11NO3Si/c1-3-9-10-4-6-5(7)8-2/h3-4H2,1-2H3,(H,6,7). The topological polar surface area (TPSA) is 47.6 Å². The van der Waals surface area contributed by atoms with Gasteiger partial charge in [0.25, 0.3) is 9.76 Å². The van der Waals surface area contributed by atoms with Crippen molar-refractivity contribution < 1.29 is 14.0 Å². The van der Waals surface area contributed by atoms with Crippen LogP contribution in [0.2, 0.25) is 0 Å². The van der Waals surface area contributed by atoms with Crippen molar-refractivity contribution in [1.29, 1.82) is 0 Å². The van der Waals surface area contributed by atoms with Crippen LogP contribution in [0.4, 0.5) is 4.79 Å². The molecule has 4 nitrogen and oxygen atoms in total. The number of hydrogen-bond acceptors (Lipinski definition) is 3. The molecule has 0 aliphatic carbocycles. The Kier molecular flexibility index (Phi) is 6.20. The van der Waals surface area contributed by atoms with Crippen LogP contribution in [-0.2, 0) is 9.16 Å². The molecule has 0 unspecified atom stereocenters. The Morgan fingerprint density at radius 3 is 2.90 bits per heavy atom. The van der Waals surface area contributed by atoms with E-state index < -0.39 is 6.09 Å². The van der Waals surface area contributed by atoms with Crippen molar-refractivity contribution in [1.82, 2.24) is 5.32 Å². The Labute approximate surface area is 62.8 Å². The van der Waals surface area contributed by atoms with E-state index in [1.54, 1.807) is 0 Å². The monoisotopic (exact) mass is 161 g/mol. The van der Waals surface area contributed by atoms with E-state index in [-0.39, 0.29) is 0 Å². The molecular weight excluding hydrogens is 150 g/mol. The quantitative estimate of drug-likeness (QED) is 0.465. The number of amides is 1. The molecule has 0 spiro atoms. The second-order valence-electron chi connectivity index (χ2n) is 1.42. The van der Waals surface area contributed by atoms with Crippen molar-refractivity contribution >= 4 is 15.9 Å². The summed E-state index contributed by atoms with van der Waals surface area (Å²) in [6, 6.07) is 0. The molecule has 0 aromatic carbocycles. The second kappa shape index (κ2) is 6.57. The van der Waals surface area contributed by atoms with E-state index in [1.807, 2.05) is 6.92 Å². The van der Waals surface area contributed by atoms with Crippen LogP contribution in [0.15, 0.2) is 0 Å². The van der Waals surface area contributed by atoms with Gasteiger partial charge >= 0.3 is 6.09 Å². The SMILES string of the molecule is CCO[Si]CNC(=O)OC. The Morgan fingerprint density at radius 1 is 1.70 bits per heavy atom. The highest BCUT2D eigenvalue weighted by Crippen LogP contribution is 1.70. The van der Waals surface area contributed by atoms with Gasteiger partial charge in [-0.1, -0.05) is 0 Å². The maximum atomic E-state index is 10.4. The summed E-state index contributed by atoms with van der Waals surface area (Å²) in [5.41, 5.74) is 0. The molecule has 58 valence electrons. The van der Waals surface area contributed by atoms with Crippen LogP contribution in [0.5, 0.6) is 0 Å². The molecule has 0 aromatic rings. The second-order valence-corrected chi connectivity index (χ2v) is 2.35. The van der Waals surface area contributed by atoms with Crippen molar-refractivity contribution in [3.63, 3.8) is 0 Å². The fourth-order valence-corrected chi connectivity index (χ4v) is 0.856. The maximum absolute atomic E-state index is 10.4. The molecule has 0 fully saturated rings. The van der Waals surface area contributed by atoms with Gasteiger partial charge in [0.2, 0.25) is 0 Å². The summed E-state index contributed by atoms with van der Waals surface area (Å²) in [6.07, 6.45) is 0.118. The van der Waals surface area contributed by atoms with E-state index in [0.717, 1.165) is 0 Å². The van der Waals surface area contributed by atoms with E-state index in [9.17, 15) is 4.79 Å². The van der Waals surface area contributed by atoms with Crippen molar-refractivity contribution in [2.24, 2.45) is 0 Å². The lowest BCUT2D eigenvalue weighted by Crippen LogP contribution is -2.28. The molecule has 5 heteroatoms. The minimum absolute atomic E-state index is 0.316. The summed E-state index contributed by atoms with van der Waals surface area (Å²) in [4.78, 5) is 10.4. The number of methoxy groups -OCH3 is 1. The number of rotatable bonds is 4. The Hall–Kier alpha value is -0.553. The summed E-state index contributed by atoms with van der Waals surface area (Å²) in [5.74, 6) is 0. The first-order chi connectivity index (χ1) is 4.81. The van der Waals surface area contributed by atoms with Gasteiger partial charge in [-0.3, -0.25) is 0 Å². The predicted octanol–water partition coefficient (Wildman–Crippen LogP) is -0.0444. The summed E-state index contributed by atoms with van der Waals surface area (Å²) in [6.45, 7) is 2.59. The number of ether oxygens (including phenoxy) is 1. The molecule has 0 bridgehead atoms. The number of nitrogens with one attached hydrogen (secondary N) is 1. The van der Waals surface area contributed by atoms with Crippen molar-refractivity contribution in [2.45, 2.75) is 6.92 Å². The molecule has 0 saturated carbocycles. The van der Waals surface area contributed by atoms with E-state index in [1.165, 1.54) is 7.11 Å². The highest BCUT2D eigenvalue weighted by Gasteiger charge is 1.96. The maximum Gasteiger partial charge on any atom is 0.406 e. The fourth-order valence-electron chi connectivity index (χ4n) is 0.334. The smallest absolute Gasteiger partial charge is 0.406 e. The van der Waals surface area contributed by atoms with E-state index in [0.29, 0.717) is 22.5 Å². The highest BCUT2D eigenvalue weighted by atomic mass is 28.2. The highest BCUT2D eigenvalue weighted by molar-refractivity contribution is 6.27. The molecule has 0 aliphatic heterocycles. The number of alkyl carbamates (subject to hydrolysis) is 1. The van der Waals surface area contributed by atoms with Gasteiger partial charge in [0, 0.05) is 12.8 Å². The van der Waals surface area contributed by atoms with Crippen LogP contribution in [0.1, 0.15) is 6.92 Å². The van der Waals surface area contributed by atoms with Crippen LogP contribution in [0.25, 0.3) is 0 Å². The average Bonchev–Trinajstić information content (AvgIpc) is 1.98. The first-order valence-corrected chi connectivity index (χ1v) is 4.09. The molecule has 0 aliphatic rings. The van der Waals surface area contributed by atoms with E-state index in [2.05, 4.69) is 10.1 Å². The third-order valence-corrected chi connectivity index (χ3v) is 1.55. The lowest BCUT2D eigenvalue weighted by molar-refractivity contribution is 0.172. The van der Waals surface area contributed by atoms with Gasteiger partial charge in [0.1, 0.15) is 0 Å². The minimum Gasteiger partial charge on any atom is -0.453 e. The Morgan fingerprint density at radius 2 is 2.40 bits per heavy atom. The zero-order chi connectivity index (χ0) is 7.82. The molecule has 1 amide bonds. The van der Waals surface area contributed by atoms with Gasteiger partial charge in [-0.15, -0.1) is 0 Å². The van der Waals surface area contributed by atoms with Crippen LogP contribution in [0.3, 0.4) is 0 Å². The summed E-state index contributed by atoms with van der Waals surface area (Å²) < 4.78 is 9.32. The first-order valence-electron chi connectivity index (χ1n) is 2.97. The summed E-state index contributed by atoms with van der Waals surface area (Å²) in [5, 5.41) is 2.49. The molecule has 0 heterocycles. The fraction of sp³-hybridized carbons (Fsp3) is 0.800. The summed E-state index contributed by atoms with van der Waals surface area (Å²) >= 11 is 0. The molecule has 0 aromatic heterocycles. The molecule has 0 saturated heterocycles. The van der Waals surface area contributed by atoms with Gasteiger partial charge in [0.05, 0.1) is 7.11 Å². The number of hydrogen-bond donors (Lipinski definition) is 1. The molecular formula is C5H11NO3Si. The van der Waals surface area contributed by atoms with E-state index >= 15 is 0 Å². The van der Waals surface area contributed by atoms with Gasteiger partial charge < -0.3 is 14.5 Å². The van der Waals surface area contributed by atoms with Gasteiger partial charge in [-0.2, -0.15) is 0 Å². The van der Waals surface area contributed by atoms with E-state index in [4.69, 9.17) is 4.43 Å². The first kappa shape index (κ1) is 9.45. The van der Waals surface area contributed by atoms with Crippen LogP contribution < -0.4 is 5.32 Å². The molecule has 2 radical (unpaired) electrons. The number of carbonyl (C=O) groups excluding carboxylic acids is 1. The third-order valence-electron chi connectivity index (χ3n) is 0.737. The predicted molar refractivity (Wildman–Crippen MR) is 37.8 cm³/mol. The Bertz CT molecular complexity index is 98.9. The molecule has 0 rings (SSSR count). The van der Waals surface area contributed by atoms with Gasteiger partial charge in [-0.05, 0) is 6.92 Å². The summed E-state index contributed by atoms with van der Waals surface area (Å²) in [7, 11) is 1.65. The normalized spacial score (nSPS) is 9.00. The largest absolute Gasteiger partial charge is 0.453 e. The van der Waals surface area contributed by atoms with Crippen LogP contribution >= 0.6 is 0 Å². The molecule has 10 heavy (non-hydrogen) atoms. The van der Waals surface area contributed by atoms with Crippen LogP contribution in [0, 0.1) is 0 Å². The zero-order valence-corrected chi connectivity index (χ0v) is 7.14. The Balaban J connectivity index is 2.96. The van der Waals surface area contributed by atoms with Crippen molar-refractivity contribution in [3.05, 3.63) is 0 Å². The lowest BCUT2D eigenvalue weighted by atomic mass is 10.9. The lowest BCUT2D eigenvalue weighted by Gasteiger charge is -2.00. The minimum atomic E-state index is -0.410. The molecule has 1 N–H and O–H groups in total. The zero-order valence-electron chi connectivity index (χ0n) is 6.14. The third kappa shape index (κ3) is 5.58. The van der Waals surface area contributed by atoms with Crippen LogP contribution in [-0.4, -0.2) is 35.7 Å². The van der Waals surface area contributed by atoms with Gasteiger partial charge in [-0.25, -0.2) is 4.79 Å². The average molecular weight is 161 g/mol. The molecule has 0 atom stereocenters. The van der Waals surface area contributed by atoms with Crippen molar-refractivity contribution in [2.75, 3.05) is 19.9 Å². The van der Waals surface area contributed by atoms with Gasteiger partial charge in [0.15, 0.2) is 0 Å².